The van der Waals surface area contributed by atoms with E-state index in [1.54, 1.807) is 0 Å². The van der Waals surface area contributed by atoms with E-state index in [1.807, 2.05) is 0 Å². The average molecular weight is 338 g/mol. The summed E-state index contributed by atoms with van der Waals surface area (Å²) in [5.74, 6) is -5.81. The van der Waals surface area contributed by atoms with Crippen LogP contribution < -0.4 is 11.1 Å². The normalized spacial score (nSPS) is 11.8. The molecule has 2 amide bonds. The van der Waals surface area contributed by atoms with Gasteiger partial charge in [0.05, 0.1) is 12.6 Å². The molecule has 0 saturated carbocycles. The van der Waals surface area contributed by atoms with Crippen molar-refractivity contribution in [3.63, 3.8) is 0 Å². The number of benzene rings is 2. The largest absolute Gasteiger partial charge is 0.394 e. The van der Waals surface area contributed by atoms with Gasteiger partial charge in [0.15, 0.2) is 17.5 Å². The zero-order chi connectivity index (χ0) is 17.9. The van der Waals surface area contributed by atoms with Gasteiger partial charge in [-0.05, 0) is 42.0 Å². The number of amides is 2. The van der Waals surface area contributed by atoms with Crippen LogP contribution in [0, 0.1) is 17.5 Å². The van der Waals surface area contributed by atoms with E-state index in [4.69, 9.17) is 5.73 Å². The molecule has 24 heavy (non-hydrogen) atoms. The van der Waals surface area contributed by atoms with Crippen molar-refractivity contribution < 1.29 is 27.9 Å². The third-order valence-corrected chi connectivity index (χ3v) is 3.33. The first-order valence-electron chi connectivity index (χ1n) is 6.79. The Balaban J connectivity index is 2.20. The minimum Gasteiger partial charge on any atom is -0.394 e. The fourth-order valence-corrected chi connectivity index (χ4v) is 2.04. The first-order valence-corrected chi connectivity index (χ1v) is 6.79. The summed E-state index contributed by atoms with van der Waals surface area (Å²) >= 11 is 0. The second kappa shape index (κ2) is 7.14. The third-order valence-electron chi connectivity index (χ3n) is 3.33. The minimum absolute atomic E-state index is 0.129. The lowest BCUT2D eigenvalue weighted by molar-refractivity contribution is 0.0914. The highest BCUT2D eigenvalue weighted by Crippen LogP contribution is 2.20. The maximum absolute atomic E-state index is 13.3. The molecule has 1 atom stereocenters. The summed E-state index contributed by atoms with van der Waals surface area (Å²) in [5.41, 5.74) is 5.30. The third kappa shape index (κ3) is 3.72. The molecule has 0 bridgehead atoms. The van der Waals surface area contributed by atoms with E-state index >= 15 is 0 Å². The van der Waals surface area contributed by atoms with E-state index in [1.165, 1.54) is 24.3 Å². The Bertz CT molecular complexity index is 756. The van der Waals surface area contributed by atoms with Gasteiger partial charge in [-0.1, -0.05) is 0 Å². The zero-order valence-corrected chi connectivity index (χ0v) is 12.2. The predicted octanol–water partition coefficient (Wildman–Crippen LogP) is 1.67. The maximum Gasteiger partial charge on any atom is 0.251 e. The molecule has 5 nitrogen and oxygen atoms in total. The lowest BCUT2D eigenvalue weighted by atomic mass is 10.1. The summed E-state index contributed by atoms with van der Waals surface area (Å²) < 4.78 is 39.5. The molecule has 0 spiro atoms. The molecule has 0 aliphatic carbocycles. The summed E-state index contributed by atoms with van der Waals surface area (Å²) in [7, 11) is 0. The lowest BCUT2D eigenvalue weighted by Crippen LogP contribution is -2.31. The highest BCUT2D eigenvalue weighted by molar-refractivity contribution is 5.97. The van der Waals surface area contributed by atoms with Crippen LogP contribution >= 0.6 is 0 Å². The summed E-state index contributed by atoms with van der Waals surface area (Å²) in [6.07, 6.45) is 0. The number of primary amides is 1. The van der Waals surface area contributed by atoms with Crippen LogP contribution in [0.25, 0.3) is 0 Å². The second-order valence-corrected chi connectivity index (χ2v) is 4.95. The van der Waals surface area contributed by atoms with Crippen LogP contribution in [-0.4, -0.2) is 23.5 Å². The SMILES string of the molecule is NC(=O)c1ccc(C(=O)NC(CO)c2cc(F)c(F)c(F)c2)cc1. The number of carbonyl (C=O) groups excluding carboxylic acids is 2. The number of aliphatic hydroxyl groups excluding tert-OH is 1. The van der Waals surface area contributed by atoms with E-state index < -0.39 is 41.9 Å². The first-order chi connectivity index (χ1) is 11.3. The van der Waals surface area contributed by atoms with Gasteiger partial charge in [-0.3, -0.25) is 9.59 Å². The highest BCUT2D eigenvalue weighted by atomic mass is 19.2. The molecule has 2 rings (SSSR count). The number of nitrogens with two attached hydrogens (primary N) is 1. The molecular formula is C16H13F3N2O3. The zero-order valence-electron chi connectivity index (χ0n) is 12.2. The lowest BCUT2D eigenvalue weighted by Gasteiger charge is -2.17. The Labute approximate surface area is 134 Å². The topological polar surface area (TPSA) is 92.4 Å². The number of nitrogens with one attached hydrogen (secondary N) is 1. The molecule has 1 unspecified atom stereocenters. The van der Waals surface area contributed by atoms with Gasteiger partial charge >= 0.3 is 0 Å². The van der Waals surface area contributed by atoms with Crippen LogP contribution in [-0.2, 0) is 0 Å². The summed E-state index contributed by atoms with van der Waals surface area (Å²) in [6.45, 7) is -0.657. The van der Waals surface area contributed by atoms with E-state index in [-0.39, 0.29) is 16.7 Å². The molecule has 0 heterocycles. The van der Waals surface area contributed by atoms with Gasteiger partial charge in [0, 0.05) is 11.1 Å². The van der Waals surface area contributed by atoms with E-state index in [0.29, 0.717) is 12.1 Å². The van der Waals surface area contributed by atoms with E-state index in [2.05, 4.69) is 5.32 Å². The van der Waals surface area contributed by atoms with Gasteiger partial charge < -0.3 is 16.2 Å². The van der Waals surface area contributed by atoms with Crippen LogP contribution in [0.1, 0.15) is 32.3 Å². The van der Waals surface area contributed by atoms with Gasteiger partial charge in [0.25, 0.3) is 5.91 Å². The van der Waals surface area contributed by atoms with Crippen molar-refractivity contribution >= 4 is 11.8 Å². The van der Waals surface area contributed by atoms with Crippen LogP contribution in [0.15, 0.2) is 36.4 Å². The fraction of sp³-hybridized carbons (Fsp3) is 0.125. The smallest absolute Gasteiger partial charge is 0.251 e. The number of halogens is 3. The van der Waals surface area contributed by atoms with Gasteiger partial charge in [0.2, 0.25) is 5.91 Å². The summed E-state index contributed by atoms with van der Waals surface area (Å²) in [6, 6.07) is 5.57. The monoisotopic (exact) mass is 338 g/mol. The molecule has 8 heteroatoms. The van der Waals surface area contributed by atoms with Gasteiger partial charge in [0.1, 0.15) is 0 Å². The van der Waals surface area contributed by atoms with Crippen molar-refractivity contribution in [3.8, 4) is 0 Å². The first kappa shape index (κ1) is 17.5. The standard InChI is InChI=1S/C16H13F3N2O3/c17-11-5-10(6-12(18)14(11)19)13(7-22)21-16(24)9-3-1-8(2-4-9)15(20)23/h1-6,13,22H,7H2,(H2,20,23)(H,21,24). The second-order valence-electron chi connectivity index (χ2n) is 4.95. The Kier molecular flexibility index (Phi) is 5.20. The van der Waals surface area contributed by atoms with Crippen LogP contribution in [0.3, 0.4) is 0 Å². The number of aliphatic hydroxyl groups is 1. The van der Waals surface area contributed by atoms with E-state index in [9.17, 15) is 27.9 Å². The van der Waals surface area contributed by atoms with Gasteiger partial charge in [-0.2, -0.15) is 0 Å². The van der Waals surface area contributed by atoms with Crippen LogP contribution in [0.2, 0.25) is 0 Å². The average Bonchev–Trinajstić information content (AvgIpc) is 2.56. The minimum atomic E-state index is -1.64. The molecule has 0 aliphatic heterocycles. The van der Waals surface area contributed by atoms with Crippen molar-refractivity contribution in [2.24, 2.45) is 5.73 Å². The Morgan fingerprint density at radius 3 is 2.00 bits per heavy atom. The number of hydrogen-bond acceptors (Lipinski definition) is 3. The van der Waals surface area contributed by atoms with Crippen molar-refractivity contribution in [1.29, 1.82) is 0 Å². The van der Waals surface area contributed by atoms with Crippen molar-refractivity contribution in [2.45, 2.75) is 6.04 Å². The quantitative estimate of drug-likeness (QED) is 0.724. The molecule has 0 aliphatic rings. The van der Waals surface area contributed by atoms with Gasteiger partial charge in [-0.15, -0.1) is 0 Å². The van der Waals surface area contributed by atoms with Crippen molar-refractivity contribution in [1.82, 2.24) is 5.32 Å². The number of hydrogen-bond donors (Lipinski definition) is 3. The molecule has 2 aromatic carbocycles. The Hall–Kier alpha value is -2.87. The van der Waals surface area contributed by atoms with Crippen molar-refractivity contribution in [2.75, 3.05) is 6.61 Å². The molecule has 0 aromatic heterocycles. The molecule has 4 N–H and O–H groups in total. The predicted molar refractivity (Wildman–Crippen MR) is 78.6 cm³/mol. The molecule has 0 saturated heterocycles. The Morgan fingerprint density at radius 1 is 1.04 bits per heavy atom. The molecule has 0 radical (unpaired) electrons. The molecule has 2 aromatic rings. The maximum atomic E-state index is 13.3. The van der Waals surface area contributed by atoms with Gasteiger partial charge in [-0.25, -0.2) is 13.2 Å². The Morgan fingerprint density at radius 2 is 1.54 bits per heavy atom. The fourth-order valence-electron chi connectivity index (χ4n) is 2.04. The number of carbonyl (C=O) groups is 2. The molecule has 0 fully saturated rings. The summed E-state index contributed by atoms with van der Waals surface area (Å²) in [5, 5.41) is 11.7. The van der Waals surface area contributed by atoms with Crippen LogP contribution in [0.4, 0.5) is 13.2 Å². The van der Waals surface area contributed by atoms with Crippen molar-refractivity contribution in [3.05, 3.63) is 70.5 Å². The van der Waals surface area contributed by atoms with E-state index in [0.717, 1.165) is 0 Å². The number of rotatable bonds is 5. The molecular weight excluding hydrogens is 325 g/mol. The highest BCUT2D eigenvalue weighted by Gasteiger charge is 2.19. The summed E-state index contributed by atoms with van der Waals surface area (Å²) in [4.78, 5) is 23.1. The van der Waals surface area contributed by atoms with Crippen LogP contribution in [0.5, 0.6) is 0 Å². The molecule has 126 valence electrons.